The Morgan fingerprint density at radius 1 is 0.933 bits per heavy atom. The number of para-hydroxylation sites is 1. The largest absolute Gasteiger partial charge is 0.482 e. The summed E-state index contributed by atoms with van der Waals surface area (Å²) in [6.07, 6.45) is 0. The van der Waals surface area contributed by atoms with Gasteiger partial charge in [-0.25, -0.2) is 4.79 Å². The number of hydrogen-bond donors (Lipinski definition) is 1. The summed E-state index contributed by atoms with van der Waals surface area (Å²) in [6.45, 7) is -0.772. The second kappa shape index (κ2) is 8.37. The van der Waals surface area contributed by atoms with Crippen LogP contribution in [-0.4, -0.2) is 25.1 Å². The molecular formula is C23H16N2O5. The van der Waals surface area contributed by atoms with Crippen LogP contribution in [-0.2, 0) is 14.3 Å². The fourth-order valence-electron chi connectivity index (χ4n) is 2.96. The number of hydrogen-bond acceptors (Lipinski definition) is 6. The molecule has 30 heavy (non-hydrogen) atoms. The molecule has 7 heteroatoms. The van der Waals surface area contributed by atoms with Crippen molar-refractivity contribution in [2.45, 2.75) is 0 Å². The van der Waals surface area contributed by atoms with E-state index >= 15 is 0 Å². The summed E-state index contributed by atoms with van der Waals surface area (Å²) < 4.78 is 16.0. The zero-order chi connectivity index (χ0) is 20.9. The minimum absolute atomic E-state index is 0.341. The molecule has 0 bridgehead atoms. The van der Waals surface area contributed by atoms with E-state index < -0.39 is 18.5 Å². The number of rotatable bonds is 6. The van der Waals surface area contributed by atoms with Gasteiger partial charge in [-0.2, -0.15) is 5.26 Å². The highest BCUT2D eigenvalue weighted by Gasteiger charge is 2.11. The van der Waals surface area contributed by atoms with Crippen molar-refractivity contribution >= 4 is 39.5 Å². The number of nitrogens with one attached hydrogen (secondary N) is 1. The van der Waals surface area contributed by atoms with E-state index in [1.54, 1.807) is 36.4 Å². The Labute approximate surface area is 171 Å². The number of fused-ring (bicyclic) bond motifs is 3. The number of carbonyl (C=O) groups excluding carboxylic acids is 2. The zero-order valence-corrected chi connectivity index (χ0v) is 15.8. The van der Waals surface area contributed by atoms with E-state index in [1.165, 1.54) is 0 Å². The Balaban J connectivity index is 1.30. The lowest BCUT2D eigenvalue weighted by atomic mass is 10.1. The maximum atomic E-state index is 12.1. The number of ether oxygens (including phenoxy) is 2. The summed E-state index contributed by atoms with van der Waals surface area (Å²) in [4.78, 5) is 23.9. The second-order valence-corrected chi connectivity index (χ2v) is 6.44. The molecule has 148 valence electrons. The van der Waals surface area contributed by atoms with Crippen LogP contribution in [0.25, 0.3) is 21.9 Å². The van der Waals surface area contributed by atoms with Gasteiger partial charge < -0.3 is 19.2 Å². The molecule has 0 aliphatic rings. The lowest BCUT2D eigenvalue weighted by Gasteiger charge is -2.08. The first-order valence-electron chi connectivity index (χ1n) is 9.12. The van der Waals surface area contributed by atoms with Gasteiger partial charge in [-0.05, 0) is 48.5 Å². The van der Waals surface area contributed by atoms with Crippen molar-refractivity contribution in [1.29, 1.82) is 5.26 Å². The van der Waals surface area contributed by atoms with Crippen LogP contribution in [0.1, 0.15) is 5.56 Å². The lowest BCUT2D eigenvalue weighted by Crippen LogP contribution is -2.23. The van der Waals surface area contributed by atoms with Crippen LogP contribution in [0, 0.1) is 11.3 Å². The molecule has 1 N–H and O–H groups in total. The molecule has 0 unspecified atom stereocenters. The highest BCUT2D eigenvalue weighted by Crippen LogP contribution is 2.30. The van der Waals surface area contributed by atoms with Crippen LogP contribution >= 0.6 is 0 Å². The smallest absolute Gasteiger partial charge is 0.344 e. The van der Waals surface area contributed by atoms with Gasteiger partial charge in [-0.15, -0.1) is 0 Å². The predicted molar refractivity (Wildman–Crippen MR) is 110 cm³/mol. The molecule has 0 radical (unpaired) electrons. The number of esters is 1. The van der Waals surface area contributed by atoms with Crippen molar-refractivity contribution in [2.75, 3.05) is 18.5 Å². The standard InChI is InChI=1S/C23H16N2O5/c24-12-15-5-8-17(9-6-15)28-14-23(27)29-13-22(26)25-16-7-10-21-19(11-16)18-3-1-2-4-20(18)30-21/h1-11H,13-14H2,(H,25,26). The summed E-state index contributed by atoms with van der Waals surface area (Å²) in [7, 11) is 0. The molecule has 3 aromatic carbocycles. The van der Waals surface area contributed by atoms with Gasteiger partial charge in [0.15, 0.2) is 13.2 Å². The number of anilines is 1. The van der Waals surface area contributed by atoms with Crippen molar-refractivity contribution in [3.05, 3.63) is 72.3 Å². The number of nitriles is 1. The second-order valence-electron chi connectivity index (χ2n) is 6.44. The van der Waals surface area contributed by atoms with Gasteiger partial charge in [0.05, 0.1) is 11.6 Å². The Morgan fingerprint density at radius 2 is 1.70 bits per heavy atom. The Hall–Kier alpha value is -4.31. The third kappa shape index (κ3) is 4.23. The van der Waals surface area contributed by atoms with Gasteiger partial charge in [-0.1, -0.05) is 18.2 Å². The van der Waals surface area contributed by atoms with Gasteiger partial charge in [0.2, 0.25) is 0 Å². The molecular weight excluding hydrogens is 384 g/mol. The van der Waals surface area contributed by atoms with Gasteiger partial charge >= 0.3 is 5.97 Å². The molecule has 7 nitrogen and oxygen atoms in total. The van der Waals surface area contributed by atoms with Gasteiger partial charge in [-0.3, -0.25) is 4.79 Å². The van der Waals surface area contributed by atoms with Crippen LogP contribution in [0.15, 0.2) is 71.1 Å². The quantitative estimate of drug-likeness (QED) is 0.491. The van der Waals surface area contributed by atoms with Crippen LogP contribution in [0.3, 0.4) is 0 Å². The first kappa shape index (κ1) is 19.0. The summed E-state index contributed by atoms with van der Waals surface area (Å²) in [5.74, 6) is -0.712. The SMILES string of the molecule is N#Cc1ccc(OCC(=O)OCC(=O)Nc2ccc3oc4ccccc4c3c2)cc1. The minimum Gasteiger partial charge on any atom is -0.482 e. The van der Waals surface area contributed by atoms with Crippen LogP contribution in [0.2, 0.25) is 0 Å². The third-order valence-corrected chi connectivity index (χ3v) is 4.36. The molecule has 1 heterocycles. The molecule has 1 aromatic heterocycles. The molecule has 0 saturated carbocycles. The highest BCUT2D eigenvalue weighted by atomic mass is 16.6. The first-order chi connectivity index (χ1) is 14.6. The zero-order valence-electron chi connectivity index (χ0n) is 15.8. The average Bonchev–Trinajstić information content (AvgIpc) is 3.14. The Morgan fingerprint density at radius 3 is 2.50 bits per heavy atom. The topological polar surface area (TPSA) is 102 Å². The number of carbonyl (C=O) groups is 2. The fourth-order valence-corrected chi connectivity index (χ4v) is 2.96. The first-order valence-corrected chi connectivity index (χ1v) is 9.12. The predicted octanol–water partition coefficient (Wildman–Crippen LogP) is 4.02. The van der Waals surface area contributed by atoms with Crippen molar-refractivity contribution in [2.24, 2.45) is 0 Å². The van der Waals surface area contributed by atoms with Crippen molar-refractivity contribution in [1.82, 2.24) is 0 Å². The Bertz CT molecular complexity index is 1270. The van der Waals surface area contributed by atoms with E-state index in [4.69, 9.17) is 19.2 Å². The van der Waals surface area contributed by atoms with Crippen LogP contribution in [0.4, 0.5) is 5.69 Å². The third-order valence-electron chi connectivity index (χ3n) is 4.36. The van der Waals surface area contributed by atoms with Gasteiger partial charge in [0.25, 0.3) is 5.91 Å². The molecule has 4 aromatic rings. The lowest BCUT2D eigenvalue weighted by molar-refractivity contribution is -0.149. The normalized spacial score (nSPS) is 10.5. The van der Waals surface area contributed by atoms with E-state index in [1.807, 2.05) is 36.4 Å². The minimum atomic E-state index is -0.675. The summed E-state index contributed by atoms with van der Waals surface area (Å²) in [5.41, 5.74) is 2.56. The fraction of sp³-hybridized carbons (Fsp3) is 0.0870. The molecule has 1 amide bonds. The van der Waals surface area contributed by atoms with E-state index in [-0.39, 0.29) is 6.61 Å². The highest BCUT2D eigenvalue weighted by molar-refractivity contribution is 6.07. The van der Waals surface area contributed by atoms with Crippen molar-refractivity contribution in [3.8, 4) is 11.8 Å². The molecule has 4 rings (SSSR count). The maximum absolute atomic E-state index is 12.1. The summed E-state index contributed by atoms with van der Waals surface area (Å²) >= 11 is 0. The average molecular weight is 400 g/mol. The number of benzene rings is 3. The van der Waals surface area contributed by atoms with E-state index in [0.29, 0.717) is 17.0 Å². The van der Waals surface area contributed by atoms with Crippen LogP contribution < -0.4 is 10.1 Å². The van der Waals surface area contributed by atoms with Crippen molar-refractivity contribution in [3.63, 3.8) is 0 Å². The van der Waals surface area contributed by atoms with Crippen molar-refractivity contribution < 1.29 is 23.5 Å². The summed E-state index contributed by atoms with van der Waals surface area (Å²) in [5, 5.41) is 13.3. The van der Waals surface area contributed by atoms with Crippen LogP contribution in [0.5, 0.6) is 5.75 Å². The molecule has 0 spiro atoms. The number of furan rings is 1. The van der Waals surface area contributed by atoms with E-state index in [9.17, 15) is 9.59 Å². The molecule has 0 saturated heterocycles. The summed E-state index contributed by atoms with van der Waals surface area (Å²) in [6, 6.07) is 21.3. The monoisotopic (exact) mass is 400 g/mol. The molecule has 0 fully saturated rings. The van der Waals surface area contributed by atoms with E-state index in [2.05, 4.69) is 5.32 Å². The molecule has 0 aliphatic carbocycles. The van der Waals surface area contributed by atoms with E-state index in [0.717, 1.165) is 21.9 Å². The van der Waals surface area contributed by atoms with Gasteiger partial charge in [0.1, 0.15) is 16.9 Å². The molecule has 0 atom stereocenters. The molecule has 0 aliphatic heterocycles. The van der Waals surface area contributed by atoms with Gasteiger partial charge in [0, 0.05) is 16.5 Å². The number of amides is 1. The maximum Gasteiger partial charge on any atom is 0.344 e. The number of nitrogens with zero attached hydrogens (tertiary/aromatic N) is 1. The Kier molecular flexibility index (Phi) is 5.31.